The Labute approximate surface area is 140 Å². The molecule has 1 N–H and O–H groups in total. The number of halogens is 2. The van der Waals surface area contributed by atoms with Crippen LogP contribution in [0.25, 0.3) is 11.0 Å². The molecule has 1 atom stereocenters. The summed E-state index contributed by atoms with van der Waals surface area (Å²) in [6, 6.07) is 14.4. The molecule has 3 rings (SSSR count). The van der Waals surface area contributed by atoms with Crippen LogP contribution < -0.4 is 5.32 Å². The van der Waals surface area contributed by atoms with Crippen LogP contribution in [-0.2, 0) is 0 Å². The molecule has 108 valence electrons. The lowest BCUT2D eigenvalue weighted by molar-refractivity contribution is 0.526. The van der Waals surface area contributed by atoms with Gasteiger partial charge in [-0.3, -0.25) is 0 Å². The van der Waals surface area contributed by atoms with Gasteiger partial charge in [0.1, 0.15) is 11.3 Å². The van der Waals surface area contributed by atoms with E-state index < -0.39 is 0 Å². The van der Waals surface area contributed by atoms with Gasteiger partial charge in [0.25, 0.3) is 0 Å². The van der Waals surface area contributed by atoms with Gasteiger partial charge < -0.3 is 9.73 Å². The fourth-order valence-electron chi connectivity index (χ4n) is 2.34. The van der Waals surface area contributed by atoms with Crippen LogP contribution in [0.15, 0.2) is 55.8 Å². The van der Waals surface area contributed by atoms with Crippen molar-refractivity contribution in [3.05, 3.63) is 62.7 Å². The van der Waals surface area contributed by atoms with E-state index in [0.717, 1.165) is 31.4 Å². The lowest BCUT2D eigenvalue weighted by Gasteiger charge is -2.16. The van der Waals surface area contributed by atoms with E-state index in [1.54, 1.807) is 0 Å². The molecule has 0 spiro atoms. The van der Waals surface area contributed by atoms with Crippen LogP contribution in [0.5, 0.6) is 0 Å². The number of anilines is 1. The van der Waals surface area contributed by atoms with Gasteiger partial charge in [-0.25, -0.2) is 0 Å². The van der Waals surface area contributed by atoms with E-state index >= 15 is 0 Å². The first-order valence-corrected chi connectivity index (χ1v) is 8.34. The highest BCUT2D eigenvalue weighted by Crippen LogP contribution is 2.35. The van der Waals surface area contributed by atoms with Gasteiger partial charge >= 0.3 is 0 Å². The van der Waals surface area contributed by atoms with Gasteiger partial charge in [0, 0.05) is 14.3 Å². The molecule has 1 aromatic heterocycles. The van der Waals surface area contributed by atoms with E-state index in [0.29, 0.717) is 0 Å². The van der Waals surface area contributed by atoms with Crippen molar-refractivity contribution in [1.29, 1.82) is 0 Å². The first-order valence-electron chi connectivity index (χ1n) is 6.75. The summed E-state index contributed by atoms with van der Waals surface area (Å²) >= 11 is 7.22. The normalized spacial score (nSPS) is 12.6. The van der Waals surface area contributed by atoms with Crippen molar-refractivity contribution in [3.8, 4) is 0 Å². The molecule has 0 bridgehead atoms. The Balaban J connectivity index is 1.91. The average Bonchev–Trinajstić information content (AvgIpc) is 2.86. The number of aryl methyl sites for hydroxylation is 1. The van der Waals surface area contributed by atoms with Gasteiger partial charge in [0.05, 0.1) is 11.7 Å². The van der Waals surface area contributed by atoms with Gasteiger partial charge in [-0.05, 0) is 75.5 Å². The summed E-state index contributed by atoms with van der Waals surface area (Å²) in [5.41, 5.74) is 3.16. The smallest absolute Gasteiger partial charge is 0.134 e. The van der Waals surface area contributed by atoms with Gasteiger partial charge in [0.15, 0.2) is 0 Å². The predicted molar refractivity (Wildman–Crippen MR) is 94.8 cm³/mol. The monoisotopic (exact) mass is 407 g/mol. The zero-order chi connectivity index (χ0) is 15.0. The summed E-state index contributed by atoms with van der Waals surface area (Å²) in [7, 11) is 0. The summed E-state index contributed by atoms with van der Waals surface area (Å²) in [6.07, 6.45) is 0. The Bertz CT molecular complexity index is 738. The summed E-state index contributed by atoms with van der Waals surface area (Å²) in [5.74, 6) is 0.926. The van der Waals surface area contributed by atoms with Gasteiger partial charge in [-0.2, -0.15) is 0 Å². The molecule has 1 unspecified atom stereocenters. The van der Waals surface area contributed by atoms with E-state index in [9.17, 15) is 0 Å². The molecule has 0 aliphatic rings. The molecule has 0 amide bonds. The Morgan fingerprint density at radius 3 is 2.38 bits per heavy atom. The molecule has 0 fully saturated rings. The molecule has 0 aliphatic carbocycles. The third-order valence-corrected chi connectivity index (χ3v) is 4.67. The van der Waals surface area contributed by atoms with Crippen LogP contribution in [0.3, 0.4) is 0 Å². The fraction of sp³-hybridized carbons (Fsp3) is 0.176. The quantitative estimate of drug-likeness (QED) is 0.539. The Hall–Kier alpha value is -1.26. The highest BCUT2D eigenvalue weighted by atomic mass is 79.9. The standard InChI is InChI=1S/C17H15Br2NO/c1-10-7-13(18)17(14(19)8-10)20-11(2)16-9-12-5-3-4-6-15(12)21-16/h3-9,11,20H,1-2H3. The van der Waals surface area contributed by atoms with E-state index in [2.05, 4.69) is 75.3 Å². The lowest BCUT2D eigenvalue weighted by Crippen LogP contribution is -2.06. The minimum absolute atomic E-state index is 0.0766. The minimum atomic E-state index is 0.0766. The van der Waals surface area contributed by atoms with Gasteiger partial charge in [0.2, 0.25) is 0 Å². The molecule has 0 saturated heterocycles. The van der Waals surface area contributed by atoms with Crippen LogP contribution >= 0.6 is 31.9 Å². The summed E-state index contributed by atoms with van der Waals surface area (Å²) in [5, 5.41) is 4.62. The molecule has 21 heavy (non-hydrogen) atoms. The van der Waals surface area contributed by atoms with E-state index in [1.807, 2.05) is 18.2 Å². The van der Waals surface area contributed by atoms with Crippen LogP contribution in [0.1, 0.15) is 24.3 Å². The highest BCUT2D eigenvalue weighted by Gasteiger charge is 2.14. The van der Waals surface area contributed by atoms with Crippen LogP contribution in [0.4, 0.5) is 5.69 Å². The maximum absolute atomic E-state index is 5.91. The number of hydrogen-bond acceptors (Lipinski definition) is 2. The average molecular weight is 409 g/mol. The second-order valence-corrected chi connectivity index (χ2v) is 6.86. The zero-order valence-corrected chi connectivity index (χ0v) is 15.0. The Morgan fingerprint density at radius 2 is 1.71 bits per heavy atom. The second kappa shape index (κ2) is 5.85. The van der Waals surface area contributed by atoms with E-state index in [1.165, 1.54) is 5.56 Å². The lowest BCUT2D eigenvalue weighted by atomic mass is 10.2. The first kappa shape index (κ1) is 14.7. The molecule has 2 nitrogen and oxygen atoms in total. The molecular weight excluding hydrogens is 394 g/mol. The van der Waals surface area contributed by atoms with Crippen LogP contribution in [-0.4, -0.2) is 0 Å². The number of para-hydroxylation sites is 1. The number of nitrogens with one attached hydrogen (secondary N) is 1. The van der Waals surface area contributed by atoms with Crippen molar-refractivity contribution in [2.75, 3.05) is 5.32 Å². The van der Waals surface area contributed by atoms with Crippen molar-refractivity contribution in [2.45, 2.75) is 19.9 Å². The Kier molecular flexibility index (Phi) is 4.09. The number of benzene rings is 2. The first-order chi connectivity index (χ1) is 10.0. The second-order valence-electron chi connectivity index (χ2n) is 5.16. The van der Waals surface area contributed by atoms with Crippen molar-refractivity contribution in [1.82, 2.24) is 0 Å². The maximum Gasteiger partial charge on any atom is 0.134 e. The molecule has 0 radical (unpaired) electrons. The highest BCUT2D eigenvalue weighted by molar-refractivity contribution is 9.11. The summed E-state index contributed by atoms with van der Waals surface area (Å²) < 4.78 is 7.99. The van der Waals surface area contributed by atoms with Gasteiger partial charge in [-0.1, -0.05) is 18.2 Å². The molecule has 2 aromatic carbocycles. The van der Waals surface area contributed by atoms with Gasteiger partial charge in [-0.15, -0.1) is 0 Å². The van der Waals surface area contributed by atoms with E-state index in [4.69, 9.17) is 4.42 Å². The molecule has 3 aromatic rings. The number of fused-ring (bicyclic) bond motifs is 1. The fourth-order valence-corrected chi connectivity index (χ4v) is 3.99. The number of rotatable bonds is 3. The van der Waals surface area contributed by atoms with Crippen molar-refractivity contribution < 1.29 is 4.42 Å². The van der Waals surface area contributed by atoms with Crippen LogP contribution in [0, 0.1) is 6.92 Å². The van der Waals surface area contributed by atoms with Crippen LogP contribution in [0.2, 0.25) is 0 Å². The predicted octanol–water partition coefficient (Wildman–Crippen LogP) is 6.44. The molecule has 0 aliphatic heterocycles. The number of furan rings is 1. The summed E-state index contributed by atoms with van der Waals surface area (Å²) in [6.45, 7) is 4.17. The van der Waals surface area contributed by atoms with Crippen molar-refractivity contribution in [2.24, 2.45) is 0 Å². The Morgan fingerprint density at radius 1 is 1.05 bits per heavy atom. The molecule has 0 saturated carbocycles. The van der Waals surface area contributed by atoms with E-state index in [-0.39, 0.29) is 6.04 Å². The maximum atomic E-state index is 5.91. The summed E-state index contributed by atoms with van der Waals surface area (Å²) in [4.78, 5) is 0. The minimum Gasteiger partial charge on any atom is -0.459 e. The molecular formula is C17H15Br2NO. The molecule has 1 heterocycles. The third-order valence-electron chi connectivity index (χ3n) is 3.42. The molecule has 4 heteroatoms. The topological polar surface area (TPSA) is 25.2 Å². The zero-order valence-electron chi connectivity index (χ0n) is 11.8. The van der Waals surface area contributed by atoms with Crippen molar-refractivity contribution >= 4 is 48.5 Å². The third kappa shape index (κ3) is 3.01. The largest absolute Gasteiger partial charge is 0.459 e. The van der Waals surface area contributed by atoms with Crippen molar-refractivity contribution in [3.63, 3.8) is 0 Å². The number of hydrogen-bond donors (Lipinski definition) is 1. The SMILES string of the molecule is Cc1cc(Br)c(NC(C)c2cc3ccccc3o2)c(Br)c1.